The largest absolute Gasteiger partial charge is 0.387 e. The zero-order valence-electron chi connectivity index (χ0n) is 14.1. The van der Waals surface area contributed by atoms with Gasteiger partial charge in [0.2, 0.25) is 0 Å². The van der Waals surface area contributed by atoms with Gasteiger partial charge in [-0.3, -0.25) is 0 Å². The number of rotatable bonds is 13. The van der Waals surface area contributed by atoms with Gasteiger partial charge in [-0.1, -0.05) is 71.1 Å². The smallest absolute Gasteiger partial charge is 0.0955 e. The van der Waals surface area contributed by atoms with Gasteiger partial charge in [-0.25, -0.2) is 4.98 Å². The highest BCUT2D eigenvalue weighted by atomic mass is 16.3. The number of aromatic nitrogens is 2. The lowest BCUT2D eigenvalue weighted by atomic mass is 10.0. The first kappa shape index (κ1) is 18.2. The minimum Gasteiger partial charge on any atom is -0.387 e. The maximum atomic E-state index is 10.2. The Morgan fingerprint density at radius 3 is 2.10 bits per heavy atom. The van der Waals surface area contributed by atoms with Crippen molar-refractivity contribution in [2.75, 3.05) is 0 Å². The van der Waals surface area contributed by atoms with Crippen LogP contribution in [0, 0.1) is 0 Å². The van der Waals surface area contributed by atoms with Crippen LogP contribution >= 0.6 is 0 Å². The van der Waals surface area contributed by atoms with Crippen molar-refractivity contribution in [2.45, 2.75) is 97.1 Å². The predicted octanol–water partition coefficient (Wildman–Crippen LogP) is 5.25. The van der Waals surface area contributed by atoms with Crippen LogP contribution in [0.3, 0.4) is 0 Å². The van der Waals surface area contributed by atoms with Crippen molar-refractivity contribution in [3.63, 3.8) is 0 Å². The average Bonchev–Trinajstić information content (AvgIpc) is 2.97. The molecule has 1 aromatic rings. The van der Waals surface area contributed by atoms with E-state index in [4.69, 9.17) is 0 Å². The van der Waals surface area contributed by atoms with Gasteiger partial charge in [-0.2, -0.15) is 0 Å². The van der Waals surface area contributed by atoms with Gasteiger partial charge in [-0.05, 0) is 13.3 Å². The second kappa shape index (κ2) is 11.8. The second-order valence-electron chi connectivity index (χ2n) is 6.09. The molecule has 0 bridgehead atoms. The Bertz CT molecular complexity index is 349. The van der Waals surface area contributed by atoms with E-state index in [1.165, 1.54) is 57.8 Å². The maximum Gasteiger partial charge on any atom is 0.0955 e. The standard InChI is InChI=1S/C18H34N2O/c1-3-5-6-7-8-9-10-11-12-13-14-18(21)17-15-19-16-20(17)4-2/h15-16,18,21H,3-14H2,1-2H3. The van der Waals surface area contributed by atoms with Gasteiger partial charge in [0.05, 0.1) is 24.3 Å². The fourth-order valence-corrected chi connectivity index (χ4v) is 2.85. The lowest BCUT2D eigenvalue weighted by molar-refractivity contribution is 0.154. The molecular formula is C18H34N2O. The Labute approximate surface area is 130 Å². The van der Waals surface area contributed by atoms with E-state index in [9.17, 15) is 5.11 Å². The minimum absolute atomic E-state index is 0.346. The highest BCUT2D eigenvalue weighted by Gasteiger charge is 2.11. The average molecular weight is 294 g/mol. The molecule has 0 radical (unpaired) electrons. The van der Waals surface area contributed by atoms with E-state index >= 15 is 0 Å². The molecule has 0 aliphatic heterocycles. The predicted molar refractivity (Wildman–Crippen MR) is 89.3 cm³/mol. The van der Waals surface area contributed by atoms with Gasteiger partial charge in [0.1, 0.15) is 0 Å². The summed E-state index contributed by atoms with van der Waals surface area (Å²) in [6, 6.07) is 0. The zero-order chi connectivity index (χ0) is 15.3. The Morgan fingerprint density at radius 2 is 1.52 bits per heavy atom. The lowest BCUT2D eigenvalue weighted by Crippen LogP contribution is -2.05. The van der Waals surface area contributed by atoms with Gasteiger partial charge in [0, 0.05) is 6.54 Å². The van der Waals surface area contributed by atoms with Crippen molar-refractivity contribution < 1.29 is 5.11 Å². The van der Waals surface area contributed by atoms with Gasteiger partial charge in [0.15, 0.2) is 0 Å². The first-order chi connectivity index (χ1) is 10.3. The highest BCUT2D eigenvalue weighted by Crippen LogP contribution is 2.20. The number of aryl methyl sites for hydroxylation is 1. The molecule has 1 rings (SSSR count). The SMILES string of the molecule is CCCCCCCCCCCCC(O)c1cncn1CC. The number of nitrogens with zero attached hydrogens (tertiary/aromatic N) is 2. The Kier molecular flexibility index (Phi) is 10.2. The fourth-order valence-electron chi connectivity index (χ4n) is 2.85. The fraction of sp³-hybridized carbons (Fsp3) is 0.833. The number of aliphatic hydroxyl groups is 1. The first-order valence-corrected chi connectivity index (χ1v) is 8.97. The number of hydrogen-bond donors (Lipinski definition) is 1. The van der Waals surface area contributed by atoms with Crippen LogP contribution in [0.25, 0.3) is 0 Å². The molecule has 0 spiro atoms. The van der Waals surface area contributed by atoms with Crippen molar-refractivity contribution in [1.82, 2.24) is 9.55 Å². The van der Waals surface area contributed by atoms with Crippen molar-refractivity contribution in [3.8, 4) is 0 Å². The third-order valence-corrected chi connectivity index (χ3v) is 4.26. The number of aliphatic hydroxyl groups excluding tert-OH is 1. The molecule has 0 amide bonds. The lowest BCUT2D eigenvalue weighted by Gasteiger charge is -2.12. The first-order valence-electron chi connectivity index (χ1n) is 8.97. The van der Waals surface area contributed by atoms with Crippen LogP contribution in [0.5, 0.6) is 0 Å². The molecule has 0 aliphatic rings. The topological polar surface area (TPSA) is 38.1 Å². The van der Waals surface area contributed by atoms with Crippen molar-refractivity contribution in [3.05, 3.63) is 18.2 Å². The van der Waals surface area contributed by atoms with Crippen molar-refractivity contribution >= 4 is 0 Å². The molecule has 0 fully saturated rings. The molecule has 3 heteroatoms. The highest BCUT2D eigenvalue weighted by molar-refractivity contribution is 5.02. The molecule has 1 unspecified atom stereocenters. The third kappa shape index (κ3) is 7.66. The van der Waals surface area contributed by atoms with E-state index < -0.39 is 0 Å². The van der Waals surface area contributed by atoms with Crippen LogP contribution in [0.15, 0.2) is 12.5 Å². The van der Waals surface area contributed by atoms with Gasteiger partial charge < -0.3 is 9.67 Å². The van der Waals surface area contributed by atoms with Crippen LogP contribution in [0.1, 0.15) is 96.3 Å². The zero-order valence-corrected chi connectivity index (χ0v) is 14.1. The summed E-state index contributed by atoms with van der Waals surface area (Å²) in [7, 11) is 0. The molecule has 1 aromatic heterocycles. The van der Waals surface area contributed by atoms with Crippen LogP contribution < -0.4 is 0 Å². The minimum atomic E-state index is -0.346. The summed E-state index contributed by atoms with van der Waals surface area (Å²) >= 11 is 0. The van der Waals surface area contributed by atoms with E-state index in [0.29, 0.717) is 0 Å². The third-order valence-electron chi connectivity index (χ3n) is 4.26. The summed E-state index contributed by atoms with van der Waals surface area (Å²) in [6.45, 7) is 5.23. The number of hydrogen-bond acceptors (Lipinski definition) is 2. The van der Waals surface area contributed by atoms with E-state index in [1.54, 1.807) is 12.5 Å². The number of unbranched alkanes of at least 4 members (excludes halogenated alkanes) is 9. The molecule has 21 heavy (non-hydrogen) atoms. The summed E-state index contributed by atoms with van der Waals surface area (Å²) in [4.78, 5) is 4.12. The molecule has 0 saturated heterocycles. The Morgan fingerprint density at radius 1 is 0.952 bits per heavy atom. The van der Waals surface area contributed by atoms with Gasteiger partial charge in [0.25, 0.3) is 0 Å². The number of imidazole rings is 1. The molecule has 122 valence electrons. The summed E-state index contributed by atoms with van der Waals surface area (Å²) in [6.07, 6.45) is 17.5. The van der Waals surface area contributed by atoms with Crippen LogP contribution in [0.4, 0.5) is 0 Å². The molecule has 1 atom stereocenters. The summed E-state index contributed by atoms with van der Waals surface area (Å²) in [5.41, 5.74) is 0.966. The van der Waals surface area contributed by atoms with Crippen molar-refractivity contribution in [2.24, 2.45) is 0 Å². The van der Waals surface area contributed by atoms with Crippen LogP contribution in [0.2, 0.25) is 0 Å². The molecule has 0 aliphatic carbocycles. The van der Waals surface area contributed by atoms with Gasteiger partial charge in [-0.15, -0.1) is 0 Å². The quantitative estimate of drug-likeness (QED) is 0.505. The Hall–Kier alpha value is -0.830. The van der Waals surface area contributed by atoms with Crippen molar-refractivity contribution in [1.29, 1.82) is 0 Å². The summed E-state index contributed by atoms with van der Waals surface area (Å²) in [5.74, 6) is 0. The van der Waals surface area contributed by atoms with E-state index in [2.05, 4.69) is 18.8 Å². The maximum absolute atomic E-state index is 10.2. The van der Waals surface area contributed by atoms with Gasteiger partial charge >= 0.3 is 0 Å². The van der Waals surface area contributed by atoms with Crippen LogP contribution in [-0.2, 0) is 6.54 Å². The molecule has 1 N–H and O–H groups in total. The summed E-state index contributed by atoms with van der Waals surface area (Å²) in [5, 5.41) is 10.2. The molecule has 0 aromatic carbocycles. The molecule has 3 nitrogen and oxygen atoms in total. The Balaban J connectivity index is 1.97. The monoisotopic (exact) mass is 294 g/mol. The second-order valence-corrected chi connectivity index (χ2v) is 6.09. The molecular weight excluding hydrogens is 260 g/mol. The van der Waals surface area contributed by atoms with E-state index in [-0.39, 0.29) is 6.10 Å². The molecule has 0 saturated carbocycles. The van der Waals surface area contributed by atoms with Crippen LogP contribution in [-0.4, -0.2) is 14.7 Å². The normalized spacial score (nSPS) is 12.7. The summed E-state index contributed by atoms with van der Waals surface area (Å²) < 4.78 is 2.03. The van der Waals surface area contributed by atoms with E-state index in [1.807, 2.05) is 4.57 Å². The van der Waals surface area contributed by atoms with E-state index in [0.717, 1.165) is 25.1 Å². The molecule has 1 heterocycles.